The summed E-state index contributed by atoms with van der Waals surface area (Å²) in [5.41, 5.74) is 1.58. The molecule has 5 heteroatoms. The van der Waals surface area contributed by atoms with Gasteiger partial charge in [-0.1, -0.05) is 11.6 Å². The second-order valence-corrected chi connectivity index (χ2v) is 6.77. The van der Waals surface area contributed by atoms with Crippen LogP contribution in [0.25, 0.3) is 0 Å². The minimum atomic E-state index is -0.709. The molecular weight excluding hydrogens is 290 g/mol. The second kappa shape index (κ2) is 5.50. The SMILES string of the molecule is CC1(C(=O)O)CCCN(Cc2cc(Cl)cc3c2OCC3)C1. The first-order valence-corrected chi connectivity index (χ1v) is 7.76. The first kappa shape index (κ1) is 14.7. The highest BCUT2D eigenvalue weighted by Crippen LogP contribution is 2.36. The largest absolute Gasteiger partial charge is 0.493 e. The van der Waals surface area contributed by atoms with Gasteiger partial charge in [0, 0.05) is 30.1 Å². The fourth-order valence-electron chi connectivity index (χ4n) is 3.36. The number of rotatable bonds is 3. The molecule has 2 heterocycles. The molecule has 1 aromatic rings. The van der Waals surface area contributed by atoms with Crippen molar-refractivity contribution >= 4 is 17.6 Å². The molecule has 0 radical (unpaired) electrons. The summed E-state index contributed by atoms with van der Waals surface area (Å²) >= 11 is 6.18. The molecule has 0 aromatic heterocycles. The smallest absolute Gasteiger partial charge is 0.310 e. The summed E-state index contributed by atoms with van der Waals surface area (Å²) in [6.07, 6.45) is 2.55. The van der Waals surface area contributed by atoms with Crippen LogP contribution < -0.4 is 4.74 Å². The van der Waals surface area contributed by atoms with Crippen molar-refractivity contribution in [1.82, 2.24) is 4.90 Å². The van der Waals surface area contributed by atoms with Crippen molar-refractivity contribution in [3.63, 3.8) is 0 Å². The van der Waals surface area contributed by atoms with E-state index in [-0.39, 0.29) is 0 Å². The number of hydrogen-bond acceptors (Lipinski definition) is 3. The summed E-state index contributed by atoms with van der Waals surface area (Å²) in [4.78, 5) is 13.6. The Morgan fingerprint density at radius 2 is 2.33 bits per heavy atom. The standard InChI is InChI=1S/C16H20ClNO3/c1-16(15(19)20)4-2-5-18(10-16)9-12-8-13(17)7-11-3-6-21-14(11)12/h7-8H,2-6,9-10H2,1H3,(H,19,20). The maximum atomic E-state index is 11.4. The van der Waals surface area contributed by atoms with Crippen molar-refractivity contribution in [2.45, 2.75) is 32.7 Å². The number of carbonyl (C=O) groups is 1. The lowest BCUT2D eigenvalue weighted by Crippen LogP contribution is -2.45. The van der Waals surface area contributed by atoms with E-state index in [4.69, 9.17) is 16.3 Å². The van der Waals surface area contributed by atoms with Gasteiger partial charge in [-0.2, -0.15) is 0 Å². The van der Waals surface area contributed by atoms with Crippen molar-refractivity contribution < 1.29 is 14.6 Å². The fraction of sp³-hybridized carbons (Fsp3) is 0.562. The maximum absolute atomic E-state index is 11.4. The number of halogens is 1. The van der Waals surface area contributed by atoms with E-state index in [0.29, 0.717) is 19.7 Å². The summed E-state index contributed by atoms with van der Waals surface area (Å²) in [6.45, 7) is 4.73. The number of likely N-dealkylation sites (tertiary alicyclic amines) is 1. The molecule has 0 amide bonds. The Morgan fingerprint density at radius 3 is 3.10 bits per heavy atom. The van der Waals surface area contributed by atoms with E-state index in [1.165, 1.54) is 0 Å². The van der Waals surface area contributed by atoms with Crippen LogP contribution in [0.15, 0.2) is 12.1 Å². The van der Waals surface area contributed by atoms with Crippen molar-refractivity contribution in [2.75, 3.05) is 19.7 Å². The van der Waals surface area contributed by atoms with Crippen LogP contribution in [-0.4, -0.2) is 35.7 Å². The molecule has 3 rings (SSSR count). The number of carboxylic acids is 1. The van der Waals surface area contributed by atoms with Crippen LogP contribution in [0.2, 0.25) is 5.02 Å². The topological polar surface area (TPSA) is 49.8 Å². The maximum Gasteiger partial charge on any atom is 0.310 e. The zero-order valence-corrected chi connectivity index (χ0v) is 12.9. The van der Waals surface area contributed by atoms with Gasteiger partial charge in [0.25, 0.3) is 0 Å². The third-order valence-corrected chi connectivity index (χ3v) is 4.73. The van der Waals surface area contributed by atoms with Gasteiger partial charge >= 0.3 is 5.97 Å². The van der Waals surface area contributed by atoms with Crippen LogP contribution in [0.5, 0.6) is 5.75 Å². The average Bonchev–Trinajstić information content (AvgIpc) is 2.86. The molecule has 0 saturated carbocycles. The molecule has 1 unspecified atom stereocenters. The van der Waals surface area contributed by atoms with Crippen molar-refractivity contribution in [1.29, 1.82) is 0 Å². The molecular formula is C16H20ClNO3. The molecule has 1 fully saturated rings. The van der Waals surface area contributed by atoms with Crippen molar-refractivity contribution in [3.8, 4) is 5.75 Å². The number of ether oxygens (including phenoxy) is 1. The highest BCUT2D eigenvalue weighted by Gasteiger charge is 2.38. The summed E-state index contributed by atoms with van der Waals surface area (Å²) in [6, 6.07) is 3.91. The van der Waals surface area contributed by atoms with Crippen LogP contribution in [0.1, 0.15) is 30.9 Å². The van der Waals surface area contributed by atoms with E-state index in [9.17, 15) is 9.90 Å². The van der Waals surface area contributed by atoms with Crippen LogP contribution in [0, 0.1) is 5.41 Å². The van der Waals surface area contributed by atoms with E-state index in [2.05, 4.69) is 4.90 Å². The quantitative estimate of drug-likeness (QED) is 0.932. The molecule has 4 nitrogen and oxygen atoms in total. The van der Waals surface area contributed by atoms with Crippen LogP contribution >= 0.6 is 11.6 Å². The zero-order valence-electron chi connectivity index (χ0n) is 12.2. The summed E-state index contributed by atoms with van der Waals surface area (Å²) < 4.78 is 5.72. The number of piperidine rings is 1. The van der Waals surface area contributed by atoms with Crippen molar-refractivity contribution in [3.05, 3.63) is 28.3 Å². The summed E-state index contributed by atoms with van der Waals surface area (Å²) in [5.74, 6) is 0.238. The monoisotopic (exact) mass is 309 g/mol. The van der Waals surface area contributed by atoms with Gasteiger partial charge in [-0.3, -0.25) is 9.69 Å². The van der Waals surface area contributed by atoms with Crippen LogP contribution in [-0.2, 0) is 17.8 Å². The molecule has 0 spiro atoms. The van der Waals surface area contributed by atoms with Crippen molar-refractivity contribution in [2.24, 2.45) is 5.41 Å². The normalized spacial score (nSPS) is 25.4. The van der Waals surface area contributed by atoms with Crippen LogP contribution in [0.3, 0.4) is 0 Å². The highest BCUT2D eigenvalue weighted by atomic mass is 35.5. The Hall–Kier alpha value is -1.26. The molecule has 1 N–H and O–H groups in total. The molecule has 114 valence electrons. The molecule has 2 aliphatic heterocycles. The molecule has 0 aliphatic carbocycles. The summed E-state index contributed by atoms with van der Waals surface area (Å²) in [7, 11) is 0. The minimum Gasteiger partial charge on any atom is -0.493 e. The van der Waals surface area contributed by atoms with E-state index in [1.54, 1.807) is 0 Å². The lowest BCUT2D eigenvalue weighted by molar-refractivity contribution is -0.151. The van der Waals surface area contributed by atoms with Gasteiger partial charge in [-0.15, -0.1) is 0 Å². The predicted octanol–water partition coefficient (Wildman–Crippen LogP) is 2.96. The lowest BCUT2D eigenvalue weighted by Gasteiger charge is -2.37. The molecule has 0 bridgehead atoms. The first-order valence-electron chi connectivity index (χ1n) is 7.38. The molecule has 21 heavy (non-hydrogen) atoms. The molecule has 2 aliphatic rings. The fourth-order valence-corrected chi connectivity index (χ4v) is 3.62. The summed E-state index contributed by atoms with van der Waals surface area (Å²) in [5, 5.41) is 10.1. The van der Waals surface area contributed by atoms with E-state index >= 15 is 0 Å². The Bertz CT molecular complexity index is 575. The average molecular weight is 310 g/mol. The predicted molar refractivity (Wildman–Crippen MR) is 80.9 cm³/mol. The van der Waals surface area contributed by atoms with Crippen LogP contribution in [0.4, 0.5) is 0 Å². The molecule has 1 aromatic carbocycles. The third kappa shape index (κ3) is 2.87. The third-order valence-electron chi connectivity index (χ3n) is 4.51. The van der Waals surface area contributed by atoms with Gasteiger partial charge in [0.2, 0.25) is 0 Å². The first-order chi connectivity index (χ1) is 9.98. The van der Waals surface area contributed by atoms with Gasteiger partial charge in [0.05, 0.1) is 12.0 Å². The Labute approximate surface area is 129 Å². The second-order valence-electron chi connectivity index (χ2n) is 6.33. The Kier molecular flexibility index (Phi) is 3.84. The highest BCUT2D eigenvalue weighted by molar-refractivity contribution is 6.30. The number of carboxylic acid groups (broad SMARTS) is 1. The lowest BCUT2D eigenvalue weighted by atomic mass is 9.82. The van der Waals surface area contributed by atoms with Gasteiger partial charge in [-0.05, 0) is 44.0 Å². The minimum absolute atomic E-state index is 0.573. The van der Waals surface area contributed by atoms with E-state index < -0.39 is 11.4 Å². The van der Waals surface area contributed by atoms with Gasteiger partial charge in [-0.25, -0.2) is 0 Å². The molecule has 1 atom stereocenters. The Morgan fingerprint density at radius 1 is 1.52 bits per heavy atom. The number of nitrogens with zero attached hydrogens (tertiary/aromatic N) is 1. The number of aliphatic carboxylic acids is 1. The molecule has 1 saturated heterocycles. The number of hydrogen-bond donors (Lipinski definition) is 1. The number of benzene rings is 1. The Balaban J connectivity index is 1.80. The van der Waals surface area contributed by atoms with E-state index in [1.807, 2.05) is 19.1 Å². The van der Waals surface area contributed by atoms with E-state index in [0.717, 1.165) is 47.7 Å². The van der Waals surface area contributed by atoms with Gasteiger partial charge < -0.3 is 9.84 Å². The van der Waals surface area contributed by atoms with Gasteiger partial charge in [0.1, 0.15) is 5.75 Å². The van der Waals surface area contributed by atoms with Gasteiger partial charge in [0.15, 0.2) is 0 Å². The number of fused-ring (bicyclic) bond motifs is 1. The zero-order chi connectivity index (χ0) is 15.0.